The second kappa shape index (κ2) is 6.50. The predicted molar refractivity (Wildman–Crippen MR) is 72.3 cm³/mol. The van der Waals surface area contributed by atoms with Crippen LogP contribution < -0.4 is 5.73 Å². The first-order chi connectivity index (χ1) is 8.70. The summed E-state index contributed by atoms with van der Waals surface area (Å²) in [5, 5.41) is 0. The van der Waals surface area contributed by atoms with Gasteiger partial charge in [-0.15, -0.1) is 0 Å². The van der Waals surface area contributed by atoms with Crippen LogP contribution in [0.4, 0.5) is 0 Å². The zero-order valence-electron chi connectivity index (χ0n) is 11.5. The molecule has 5 heteroatoms. The van der Waals surface area contributed by atoms with Gasteiger partial charge in [0.05, 0.1) is 6.54 Å². The number of nitrogens with zero attached hydrogens (tertiary/aromatic N) is 3. The van der Waals surface area contributed by atoms with Crippen molar-refractivity contribution in [3.8, 4) is 0 Å². The Balaban J connectivity index is 1.65. The van der Waals surface area contributed by atoms with Gasteiger partial charge >= 0.3 is 0 Å². The smallest absolute Gasteiger partial charge is 0.236 e. The molecule has 2 fully saturated rings. The van der Waals surface area contributed by atoms with Crippen LogP contribution in [-0.4, -0.2) is 79.5 Å². The minimum absolute atomic E-state index is 0.285. The van der Waals surface area contributed by atoms with Crippen molar-refractivity contribution in [3.05, 3.63) is 0 Å². The van der Waals surface area contributed by atoms with E-state index < -0.39 is 0 Å². The van der Waals surface area contributed by atoms with E-state index in [2.05, 4.69) is 9.80 Å². The van der Waals surface area contributed by atoms with Crippen LogP contribution in [0, 0.1) is 0 Å². The molecule has 0 bridgehead atoms. The van der Waals surface area contributed by atoms with Gasteiger partial charge in [-0.1, -0.05) is 0 Å². The van der Waals surface area contributed by atoms with Crippen molar-refractivity contribution in [3.63, 3.8) is 0 Å². The van der Waals surface area contributed by atoms with Crippen molar-refractivity contribution in [2.45, 2.75) is 25.3 Å². The van der Waals surface area contributed by atoms with E-state index in [1.807, 2.05) is 11.9 Å². The van der Waals surface area contributed by atoms with Crippen LogP contribution in [-0.2, 0) is 4.79 Å². The molecule has 0 spiro atoms. The molecule has 2 rings (SSSR count). The maximum atomic E-state index is 12.0. The number of piperazine rings is 1. The number of carbonyl (C=O) groups excluding carboxylic acids is 1. The summed E-state index contributed by atoms with van der Waals surface area (Å²) in [5.41, 5.74) is 5.52. The van der Waals surface area contributed by atoms with E-state index >= 15 is 0 Å². The van der Waals surface area contributed by atoms with E-state index in [9.17, 15) is 4.79 Å². The second-order valence-corrected chi connectivity index (χ2v) is 5.50. The molecule has 0 radical (unpaired) electrons. The van der Waals surface area contributed by atoms with E-state index in [-0.39, 0.29) is 5.91 Å². The first-order valence-electron chi connectivity index (χ1n) is 7.11. The first-order valence-corrected chi connectivity index (χ1v) is 7.11. The van der Waals surface area contributed by atoms with Crippen LogP contribution in [0.5, 0.6) is 0 Å². The summed E-state index contributed by atoms with van der Waals surface area (Å²) in [7, 11) is 1.94. The first kappa shape index (κ1) is 13.8. The number of amides is 1. The Bertz CT molecular complexity index is 272. The summed E-state index contributed by atoms with van der Waals surface area (Å²) in [6.07, 6.45) is 3.45. The third-order valence-electron chi connectivity index (χ3n) is 3.99. The van der Waals surface area contributed by atoms with E-state index in [0.717, 1.165) is 45.7 Å². The van der Waals surface area contributed by atoms with Crippen LogP contribution in [0.2, 0.25) is 0 Å². The molecule has 1 amide bonds. The van der Waals surface area contributed by atoms with Gasteiger partial charge in [-0.2, -0.15) is 0 Å². The van der Waals surface area contributed by atoms with Crippen molar-refractivity contribution in [2.75, 3.05) is 52.9 Å². The van der Waals surface area contributed by atoms with Crippen molar-refractivity contribution < 1.29 is 4.79 Å². The van der Waals surface area contributed by atoms with E-state index in [4.69, 9.17) is 5.73 Å². The second-order valence-electron chi connectivity index (χ2n) is 5.50. The normalized spacial score (nSPS) is 22.1. The predicted octanol–water partition coefficient (Wildman–Crippen LogP) is -0.426. The van der Waals surface area contributed by atoms with Crippen LogP contribution in [0.25, 0.3) is 0 Å². The van der Waals surface area contributed by atoms with Crippen molar-refractivity contribution >= 4 is 5.91 Å². The lowest BCUT2D eigenvalue weighted by atomic mass is 10.3. The molecule has 1 aliphatic carbocycles. The van der Waals surface area contributed by atoms with Crippen molar-refractivity contribution in [1.82, 2.24) is 14.7 Å². The molecule has 0 atom stereocenters. The Labute approximate surface area is 110 Å². The van der Waals surface area contributed by atoms with Gasteiger partial charge in [0.1, 0.15) is 0 Å². The third-order valence-corrected chi connectivity index (χ3v) is 3.99. The lowest BCUT2D eigenvalue weighted by Crippen LogP contribution is -2.50. The molecule has 0 aromatic heterocycles. The van der Waals surface area contributed by atoms with Gasteiger partial charge in [-0.05, 0) is 32.4 Å². The molecule has 1 aliphatic heterocycles. The average Bonchev–Trinajstić information content (AvgIpc) is 3.21. The quantitative estimate of drug-likeness (QED) is 0.699. The number of carbonyl (C=O) groups is 1. The minimum atomic E-state index is 0.285. The third kappa shape index (κ3) is 3.93. The Morgan fingerprint density at radius 2 is 1.83 bits per heavy atom. The zero-order valence-corrected chi connectivity index (χ0v) is 11.5. The van der Waals surface area contributed by atoms with Gasteiger partial charge in [0.25, 0.3) is 0 Å². The number of rotatable bonds is 6. The van der Waals surface area contributed by atoms with E-state index in [1.54, 1.807) is 0 Å². The molecule has 1 saturated carbocycles. The molecule has 18 heavy (non-hydrogen) atoms. The van der Waals surface area contributed by atoms with Crippen molar-refractivity contribution in [2.24, 2.45) is 5.73 Å². The summed E-state index contributed by atoms with van der Waals surface area (Å²) in [4.78, 5) is 18.7. The highest BCUT2D eigenvalue weighted by Crippen LogP contribution is 2.25. The fraction of sp³-hybridized carbons (Fsp3) is 0.923. The van der Waals surface area contributed by atoms with Gasteiger partial charge < -0.3 is 15.5 Å². The van der Waals surface area contributed by atoms with Crippen molar-refractivity contribution in [1.29, 1.82) is 0 Å². The largest absolute Gasteiger partial charge is 0.342 e. The average molecular weight is 254 g/mol. The number of likely N-dealkylation sites (N-methyl/N-ethyl adjacent to an activating group) is 1. The molecule has 2 aliphatic rings. The van der Waals surface area contributed by atoms with Crippen LogP contribution in [0.15, 0.2) is 0 Å². The van der Waals surface area contributed by atoms with E-state index in [0.29, 0.717) is 12.6 Å². The summed E-state index contributed by atoms with van der Waals surface area (Å²) < 4.78 is 0. The standard InChI is InChI=1S/C13H26N4O/c1-15(12-3-4-12)13(18)11-17-9-7-16(8-10-17)6-2-5-14/h12H,2-11,14H2,1H3. The van der Waals surface area contributed by atoms with Gasteiger partial charge in [0.2, 0.25) is 5.91 Å². The highest BCUT2D eigenvalue weighted by atomic mass is 16.2. The molecule has 5 nitrogen and oxygen atoms in total. The van der Waals surface area contributed by atoms with Crippen LogP contribution >= 0.6 is 0 Å². The Kier molecular flexibility index (Phi) is 4.97. The van der Waals surface area contributed by atoms with Crippen LogP contribution in [0.3, 0.4) is 0 Å². The van der Waals surface area contributed by atoms with Gasteiger partial charge in [0, 0.05) is 39.3 Å². The highest BCUT2D eigenvalue weighted by molar-refractivity contribution is 5.78. The number of hydrogen-bond acceptors (Lipinski definition) is 4. The summed E-state index contributed by atoms with van der Waals surface area (Å²) >= 11 is 0. The zero-order chi connectivity index (χ0) is 13.0. The Morgan fingerprint density at radius 1 is 1.22 bits per heavy atom. The van der Waals surface area contributed by atoms with Gasteiger partial charge in [-0.3, -0.25) is 9.69 Å². The summed E-state index contributed by atoms with van der Waals surface area (Å²) in [6, 6.07) is 0.531. The molecule has 0 unspecified atom stereocenters. The topological polar surface area (TPSA) is 52.8 Å². The Hall–Kier alpha value is -0.650. The lowest BCUT2D eigenvalue weighted by Gasteiger charge is -2.35. The fourth-order valence-corrected chi connectivity index (χ4v) is 2.45. The molecule has 0 aromatic rings. The molecule has 0 aromatic carbocycles. The summed E-state index contributed by atoms with van der Waals surface area (Å²) in [6.45, 7) is 6.62. The SMILES string of the molecule is CN(C(=O)CN1CCN(CCCN)CC1)C1CC1. The Morgan fingerprint density at radius 3 is 2.39 bits per heavy atom. The van der Waals surface area contributed by atoms with Gasteiger partial charge in [-0.25, -0.2) is 0 Å². The molecule has 104 valence electrons. The monoisotopic (exact) mass is 254 g/mol. The summed E-state index contributed by atoms with van der Waals surface area (Å²) in [5.74, 6) is 0.285. The van der Waals surface area contributed by atoms with Crippen LogP contribution in [0.1, 0.15) is 19.3 Å². The number of hydrogen-bond donors (Lipinski definition) is 1. The minimum Gasteiger partial charge on any atom is -0.342 e. The molecule has 1 saturated heterocycles. The van der Waals surface area contributed by atoms with Gasteiger partial charge in [0.15, 0.2) is 0 Å². The maximum Gasteiger partial charge on any atom is 0.236 e. The maximum absolute atomic E-state index is 12.0. The molecular weight excluding hydrogens is 228 g/mol. The van der Waals surface area contributed by atoms with E-state index in [1.165, 1.54) is 12.8 Å². The molecular formula is C13H26N4O. The fourth-order valence-electron chi connectivity index (χ4n) is 2.45. The lowest BCUT2D eigenvalue weighted by molar-refractivity contribution is -0.132. The molecule has 1 heterocycles. The number of nitrogens with two attached hydrogens (primary N) is 1. The molecule has 2 N–H and O–H groups in total. The highest BCUT2D eigenvalue weighted by Gasteiger charge is 2.30.